The maximum absolute atomic E-state index is 11.9. The second-order valence-corrected chi connectivity index (χ2v) is 5.53. The topological polar surface area (TPSA) is 72.9 Å². The van der Waals surface area contributed by atoms with E-state index >= 15 is 0 Å². The van der Waals surface area contributed by atoms with Crippen molar-refractivity contribution in [2.75, 3.05) is 20.1 Å². The highest BCUT2D eigenvalue weighted by atomic mass is 16.4. The molecule has 118 valence electrons. The van der Waals surface area contributed by atoms with E-state index in [2.05, 4.69) is 37.9 Å². The van der Waals surface area contributed by atoms with Gasteiger partial charge in [-0.15, -0.1) is 0 Å². The van der Waals surface area contributed by atoms with Crippen molar-refractivity contribution in [1.29, 1.82) is 0 Å². The third-order valence-electron chi connectivity index (χ3n) is 3.43. The lowest BCUT2D eigenvalue weighted by atomic mass is 10.2. The van der Waals surface area contributed by atoms with Crippen molar-refractivity contribution in [2.24, 2.45) is 0 Å². The summed E-state index contributed by atoms with van der Waals surface area (Å²) in [5, 5.41) is 11.8. The standard InChI is InChI=1S/C14H29N3O3/c1-7-12(13(18)19)16(6)14(20)15-8-9-17(10(2)3)11(4)5/h10-12H,7-9H2,1-6H3,(H,15,20)(H,18,19). The Morgan fingerprint density at radius 3 is 2.00 bits per heavy atom. The first-order valence-corrected chi connectivity index (χ1v) is 7.21. The molecular weight excluding hydrogens is 258 g/mol. The Labute approximate surface area is 122 Å². The quantitative estimate of drug-likeness (QED) is 0.711. The van der Waals surface area contributed by atoms with Gasteiger partial charge in [0.15, 0.2) is 0 Å². The molecule has 0 saturated heterocycles. The number of hydrogen-bond acceptors (Lipinski definition) is 3. The summed E-state index contributed by atoms with van der Waals surface area (Å²) in [4.78, 5) is 26.4. The Morgan fingerprint density at radius 1 is 1.15 bits per heavy atom. The van der Waals surface area contributed by atoms with Gasteiger partial charge in [0.25, 0.3) is 0 Å². The number of carboxylic acids is 1. The van der Waals surface area contributed by atoms with Crippen LogP contribution < -0.4 is 5.32 Å². The molecule has 0 aromatic carbocycles. The van der Waals surface area contributed by atoms with Crippen molar-refractivity contribution < 1.29 is 14.7 Å². The van der Waals surface area contributed by atoms with Crippen molar-refractivity contribution in [1.82, 2.24) is 15.1 Å². The van der Waals surface area contributed by atoms with Gasteiger partial charge in [0.1, 0.15) is 6.04 Å². The van der Waals surface area contributed by atoms with Crippen LogP contribution in [0.2, 0.25) is 0 Å². The second kappa shape index (κ2) is 8.79. The van der Waals surface area contributed by atoms with Crippen molar-refractivity contribution in [3.05, 3.63) is 0 Å². The number of aliphatic carboxylic acids is 1. The Bertz CT molecular complexity index is 311. The summed E-state index contributed by atoms with van der Waals surface area (Å²) in [5.41, 5.74) is 0. The average Bonchev–Trinajstić information content (AvgIpc) is 2.33. The molecule has 0 bridgehead atoms. The first-order valence-electron chi connectivity index (χ1n) is 7.21. The molecule has 6 heteroatoms. The van der Waals surface area contributed by atoms with E-state index in [1.165, 1.54) is 11.9 Å². The fraction of sp³-hybridized carbons (Fsp3) is 0.857. The van der Waals surface area contributed by atoms with Gasteiger partial charge >= 0.3 is 12.0 Å². The van der Waals surface area contributed by atoms with Gasteiger partial charge in [0.05, 0.1) is 0 Å². The van der Waals surface area contributed by atoms with Gasteiger partial charge in [-0.1, -0.05) is 6.92 Å². The highest BCUT2D eigenvalue weighted by molar-refractivity contribution is 5.82. The molecule has 0 aromatic rings. The number of carbonyl (C=O) groups is 2. The van der Waals surface area contributed by atoms with E-state index in [9.17, 15) is 9.59 Å². The van der Waals surface area contributed by atoms with Gasteiger partial charge in [0, 0.05) is 32.2 Å². The van der Waals surface area contributed by atoms with Crippen LogP contribution in [0.3, 0.4) is 0 Å². The number of likely N-dealkylation sites (N-methyl/N-ethyl adjacent to an activating group) is 1. The third kappa shape index (κ3) is 5.77. The zero-order valence-corrected chi connectivity index (χ0v) is 13.5. The number of hydrogen-bond donors (Lipinski definition) is 2. The Hall–Kier alpha value is -1.30. The van der Waals surface area contributed by atoms with E-state index in [4.69, 9.17) is 5.11 Å². The molecule has 0 radical (unpaired) electrons. The minimum atomic E-state index is -0.976. The van der Waals surface area contributed by atoms with Crippen LogP contribution in [0.15, 0.2) is 0 Å². The molecular formula is C14H29N3O3. The summed E-state index contributed by atoms with van der Waals surface area (Å²) in [6.45, 7) is 11.5. The summed E-state index contributed by atoms with van der Waals surface area (Å²) < 4.78 is 0. The molecule has 1 unspecified atom stereocenters. The van der Waals surface area contributed by atoms with Crippen LogP contribution in [-0.4, -0.2) is 65.2 Å². The van der Waals surface area contributed by atoms with Crippen molar-refractivity contribution >= 4 is 12.0 Å². The highest BCUT2D eigenvalue weighted by Gasteiger charge is 2.24. The SMILES string of the molecule is CCC(C(=O)O)N(C)C(=O)NCCN(C(C)C)C(C)C. The average molecular weight is 287 g/mol. The minimum absolute atomic E-state index is 0.341. The van der Waals surface area contributed by atoms with Gasteiger partial charge in [-0.05, 0) is 34.1 Å². The van der Waals surface area contributed by atoms with E-state index in [1.807, 2.05) is 0 Å². The lowest BCUT2D eigenvalue weighted by molar-refractivity contribution is -0.141. The van der Waals surface area contributed by atoms with Gasteiger partial charge < -0.3 is 15.3 Å². The molecule has 0 aromatic heterocycles. The zero-order chi connectivity index (χ0) is 15.9. The van der Waals surface area contributed by atoms with Crippen molar-refractivity contribution in [3.63, 3.8) is 0 Å². The largest absolute Gasteiger partial charge is 0.480 e. The van der Waals surface area contributed by atoms with E-state index in [0.717, 1.165) is 6.54 Å². The number of carboxylic acid groups (broad SMARTS) is 1. The summed E-state index contributed by atoms with van der Waals surface area (Å²) in [6, 6.07) is -0.299. The highest BCUT2D eigenvalue weighted by Crippen LogP contribution is 2.04. The Balaban J connectivity index is 4.31. The second-order valence-electron chi connectivity index (χ2n) is 5.53. The van der Waals surface area contributed by atoms with Crippen LogP contribution in [0.25, 0.3) is 0 Å². The van der Waals surface area contributed by atoms with E-state index in [0.29, 0.717) is 25.0 Å². The molecule has 0 rings (SSSR count). The van der Waals surface area contributed by atoms with Crippen LogP contribution >= 0.6 is 0 Å². The van der Waals surface area contributed by atoms with Crippen LogP contribution in [-0.2, 0) is 4.79 Å². The number of urea groups is 1. The molecule has 0 aliphatic heterocycles. The molecule has 0 aliphatic carbocycles. The number of amides is 2. The van der Waals surface area contributed by atoms with Gasteiger partial charge in [-0.2, -0.15) is 0 Å². The van der Waals surface area contributed by atoms with Crippen LogP contribution in [0.4, 0.5) is 4.79 Å². The lowest BCUT2D eigenvalue weighted by Crippen LogP contribution is -2.49. The third-order valence-corrected chi connectivity index (χ3v) is 3.43. The summed E-state index contributed by atoms with van der Waals surface area (Å²) >= 11 is 0. The lowest BCUT2D eigenvalue weighted by Gasteiger charge is -2.31. The molecule has 0 aliphatic rings. The zero-order valence-electron chi connectivity index (χ0n) is 13.5. The minimum Gasteiger partial charge on any atom is -0.480 e. The van der Waals surface area contributed by atoms with Gasteiger partial charge in [-0.3, -0.25) is 4.90 Å². The van der Waals surface area contributed by atoms with Crippen molar-refractivity contribution in [3.8, 4) is 0 Å². The number of nitrogens with zero attached hydrogens (tertiary/aromatic N) is 2. The summed E-state index contributed by atoms with van der Waals surface area (Å²) in [6.07, 6.45) is 0.392. The molecule has 6 nitrogen and oxygen atoms in total. The molecule has 20 heavy (non-hydrogen) atoms. The molecule has 2 N–H and O–H groups in total. The van der Waals surface area contributed by atoms with E-state index < -0.39 is 12.0 Å². The maximum Gasteiger partial charge on any atom is 0.326 e. The fourth-order valence-corrected chi connectivity index (χ4v) is 2.28. The number of carbonyl (C=O) groups excluding carboxylic acids is 1. The van der Waals surface area contributed by atoms with Crippen LogP contribution in [0.1, 0.15) is 41.0 Å². The normalized spacial score (nSPS) is 12.8. The smallest absolute Gasteiger partial charge is 0.326 e. The predicted octanol–water partition coefficient (Wildman–Crippen LogP) is 1.61. The Morgan fingerprint density at radius 2 is 1.65 bits per heavy atom. The summed E-state index contributed by atoms with van der Waals surface area (Å²) in [5.74, 6) is -0.976. The fourth-order valence-electron chi connectivity index (χ4n) is 2.28. The van der Waals surface area contributed by atoms with Gasteiger partial charge in [0.2, 0.25) is 0 Å². The monoisotopic (exact) mass is 287 g/mol. The number of nitrogens with one attached hydrogen (secondary N) is 1. The van der Waals surface area contributed by atoms with Crippen molar-refractivity contribution in [2.45, 2.75) is 59.2 Å². The number of rotatable bonds is 8. The first kappa shape index (κ1) is 18.7. The molecule has 0 fully saturated rings. The first-order chi connectivity index (χ1) is 9.22. The van der Waals surface area contributed by atoms with E-state index in [1.54, 1.807) is 6.92 Å². The summed E-state index contributed by atoms with van der Waals surface area (Å²) in [7, 11) is 1.51. The molecule has 0 spiro atoms. The van der Waals surface area contributed by atoms with Crippen LogP contribution in [0, 0.1) is 0 Å². The van der Waals surface area contributed by atoms with Crippen LogP contribution in [0.5, 0.6) is 0 Å². The molecule has 1 atom stereocenters. The predicted molar refractivity (Wildman–Crippen MR) is 79.9 cm³/mol. The van der Waals surface area contributed by atoms with Gasteiger partial charge in [-0.25, -0.2) is 9.59 Å². The maximum atomic E-state index is 11.9. The Kier molecular flexibility index (Phi) is 8.22. The molecule has 2 amide bonds. The molecule has 0 saturated carbocycles. The molecule has 0 heterocycles. The van der Waals surface area contributed by atoms with E-state index in [-0.39, 0.29) is 6.03 Å².